The lowest BCUT2D eigenvalue weighted by Gasteiger charge is -1.81. The zero-order chi connectivity index (χ0) is 4.99. The second kappa shape index (κ2) is 2.76. The van der Waals surface area contributed by atoms with Crippen LogP contribution in [-0.4, -0.2) is 0 Å². The van der Waals surface area contributed by atoms with Gasteiger partial charge in [-0.3, -0.25) is 0 Å². The zero-order valence-electron chi connectivity index (χ0n) is 4.36. The van der Waals surface area contributed by atoms with Crippen LogP contribution < -0.4 is 5.73 Å². The van der Waals surface area contributed by atoms with Crippen LogP contribution in [0.2, 0.25) is 0 Å². The van der Waals surface area contributed by atoms with Crippen molar-refractivity contribution in [1.82, 2.24) is 0 Å². The highest BCUT2D eigenvalue weighted by Gasteiger charge is 1.67. The molecule has 0 radical (unpaired) electrons. The third-order valence-corrected chi connectivity index (χ3v) is 0.526. The molecule has 0 bridgehead atoms. The van der Waals surface area contributed by atoms with Crippen molar-refractivity contribution in [1.29, 1.82) is 0 Å². The molecule has 0 unspecified atom stereocenters. The predicted molar refractivity (Wildman–Crippen MR) is 28.2 cm³/mol. The molecule has 0 fully saturated rings. The molecular formula is C5H11N. The molecule has 0 amide bonds. The van der Waals surface area contributed by atoms with E-state index >= 15 is 0 Å². The highest BCUT2D eigenvalue weighted by molar-refractivity contribution is 4.89. The molecule has 0 saturated heterocycles. The van der Waals surface area contributed by atoms with Gasteiger partial charge in [0.05, 0.1) is 0 Å². The average molecular weight is 85.2 g/mol. The highest BCUT2D eigenvalue weighted by Crippen LogP contribution is 1.81. The van der Waals surface area contributed by atoms with E-state index in [2.05, 4.69) is 6.92 Å². The van der Waals surface area contributed by atoms with Crippen molar-refractivity contribution in [2.45, 2.75) is 20.3 Å². The summed E-state index contributed by atoms with van der Waals surface area (Å²) in [5, 5.41) is 0. The van der Waals surface area contributed by atoms with Gasteiger partial charge in [0, 0.05) is 5.70 Å². The van der Waals surface area contributed by atoms with Gasteiger partial charge in [-0.1, -0.05) is 13.0 Å². The second-order valence-electron chi connectivity index (χ2n) is 1.36. The number of hydrogen-bond donors (Lipinski definition) is 1. The van der Waals surface area contributed by atoms with Crippen molar-refractivity contribution in [3.05, 3.63) is 11.8 Å². The zero-order valence-corrected chi connectivity index (χ0v) is 4.36. The standard InChI is InChI=1S/C5H11N/c1-3-4-5(2)6/h4H,3,6H2,1-2H3/b5-4+. The maximum Gasteiger partial charge on any atom is 0.000822 e. The van der Waals surface area contributed by atoms with E-state index in [1.54, 1.807) is 0 Å². The summed E-state index contributed by atoms with van der Waals surface area (Å²) in [4.78, 5) is 0. The first kappa shape index (κ1) is 5.54. The van der Waals surface area contributed by atoms with Crippen LogP contribution in [0.25, 0.3) is 0 Å². The van der Waals surface area contributed by atoms with E-state index in [1.165, 1.54) is 0 Å². The van der Waals surface area contributed by atoms with Crippen molar-refractivity contribution in [2.75, 3.05) is 0 Å². The van der Waals surface area contributed by atoms with Gasteiger partial charge in [0.2, 0.25) is 0 Å². The molecule has 0 rings (SSSR count). The lowest BCUT2D eigenvalue weighted by molar-refractivity contribution is 1.16. The Morgan fingerprint density at radius 3 is 2.33 bits per heavy atom. The molecule has 0 aliphatic rings. The van der Waals surface area contributed by atoms with Gasteiger partial charge in [0.1, 0.15) is 0 Å². The van der Waals surface area contributed by atoms with Crippen LogP contribution in [0, 0.1) is 0 Å². The minimum absolute atomic E-state index is 0.914. The van der Waals surface area contributed by atoms with Gasteiger partial charge in [-0.05, 0) is 13.3 Å². The van der Waals surface area contributed by atoms with E-state index in [-0.39, 0.29) is 0 Å². The van der Waals surface area contributed by atoms with Gasteiger partial charge in [-0.2, -0.15) is 0 Å². The second-order valence-corrected chi connectivity index (χ2v) is 1.36. The van der Waals surface area contributed by atoms with Crippen LogP contribution in [0.4, 0.5) is 0 Å². The summed E-state index contributed by atoms with van der Waals surface area (Å²) in [6, 6.07) is 0. The number of hydrogen-bond acceptors (Lipinski definition) is 1. The maximum absolute atomic E-state index is 5.26. The minimum atomic E-state index is 0.914. The molecule has 6 heavy (non-hydrogen) atoms. The number of nitrogens with two attached hydrogens (primary N) is 1. The normalized spacial score (nSPS) is 12.0. The van der Waals surface area contributed by atoms with E-state index in [0.717, 1.165) is 12.1 Å². The molecule has 0 heterocycles. The van der Waals surface area contributed by atoms with Crippen LogP contribution in [-0.2, 0) is 0 Å². The lowest BCUT2D eigenvalue weighted by Crippen LogP contribution is -1.87. The van der Waals surface area contributed by atoms with E-state index in [0.29, 0.717) is 0 Å². The van der Waals surface area contributed by atoms with Crippen molar-refractivity contribution in [2.24, 2.45) is 5.73 Å². The molecule has 0 saturated carbocycles. The molecular weight excluding hydrogens is 74.1 g/mol. The molecule has 1 nitrogen and oxygen atoms in total. The number of allylic oxidation sites excluding steroid dienone is 2. The van der Waals surface area contributed by atoms with Crippen molar-refractivity contribution in [3.63, 3.8) is 0 Å². The fourth-order valence-corrected chi connectivity index (χ4v) is 0.322. The van der Waals surface area contributed by atoms with E-state index in [4.69, 9.17) is 5.73 Å². The Morgan fingerprint density at radius 1 is 1.83 bits per heavy atom. The molecule has 0 aliphatic carbocycles. The Hall–Kier alpha value is -0.460. The van der Waals surface area contributed by atoms with E-state index < -0.39 is 0 Å². The van der Waals surface area contributed by atoms with Gasteiger partial charge in [0.25, 0.3) is 0 Å². The summed E-state index contributed by atoms with van der Waals surface area (Å²) < 4.78 is 0. The van der Waals surface area contributed by atoms with Crippen LogP contribution in [0.5, 0.6) is 0 Å². The van der Waals surface area contributed by atoms with Crippen LogP contribution in [0.15, 0.2) is 11.8 Å². The van der Waals surface area contributed by atoms with Crippen LogP contribution >= 0.6 is 0 Å². The molecule has 0 aliphatic heterocycles. The topological polar surface area (TPSA) is 26.0 Å². The summed E-state index contributed by atoms with van der Waals surface area (Å²) in [5.74, 6) is 0. The largest absolute Gasteiger partial charge is 0.403 e. The summed E-state index contributed by atoms with van der Waals surface area (Å²) in [5.41, 5.74) is 6.18. The Morgan fingerprint density at radius 2 is 2.33 bits per heavy atom. The summed E-state index contributed by atoms with van der Waals surface area (Å²) >= 11 is 0. The summed E-state index contributed by atoms with van der Waals surface area (Å²) in [7, 11) is 0. The first-order chi connectivity index (χ1) is 2.77. The molecule has 36 valence electrons. The van der Waals surface area contributed by atoms with Crippen LogP contribution in [0.3, 0.4) is 0 Å². The minimum Gasteiger partial charge on any atom is -0.403 e. The predicted octanol–water partition coefficient (Wildman–Crippen LogP) is 1.26. The molecule has 0 spiro atoms. The van der Waals surface area contributed by atoms with Crippen molar-refractivity contribution in [3.8, 4) is 0 Å². The maximum atomic E-state index is 5.26. The average Bonchev–Trinajstić information content (AvgIpc) is 1.35. The monoisotopic (exact) mass is 85.1 g/mol. The van der Waals surface area contributed by atoms with Gasteiger partial charge in [-0.25, -0.2) is 0 Å². The quantitative estimate of drug-likeness (QED) is 0.509. The Balaban J connectivity index is 3.14. The van der Waals surface area contributed by atoms with Gasteiger partial charge < -0.3 is 5.73 Å². The first-order valence-electron chi connectivity index (χ1n) is 2.19. The molecule has 0 aromatic carbocycles. The molecule has 0 aromatic heterocycles. The van der Waals surface area contributed by atoms with Gasteiger partial charge in [-0.15, -0.1) is 0 Å². The SMILES string of the molecule is CC/C=C(\C)N. The Bertz CT molecular complexity index is 51.0. The third-order valence-electron chi connectivity index (χ3n) is 0.526. The Labute approximate surface area is 38.8 Å². The molecule has 2 N–H and O–H groups in total. The summed E-state index contributed by atoms with van der Waals surface area (Å²) in [6.45, 7) is 3.96. The summed E-state index contributed by atoms with van der Waals surface area (Å²) in [6.07, 6.45) is 3.03. The van der Waals surface area contributed by atoms with Crippen molar-refractivity contribution < 1.29 is 0 Å². The lowest BCUT2D eigenvalue weighted by atomic mass is 10.4. The number of rotatable bonds is 1. The molecule has 0 atom stereocenters. The van der Waals surface area contributed by atoms with E-state index in [9.17, 15) is 0 Å². The Kier molecular flexibility index (Phi) is 2.55. The fraction of sp³-hybridized carbons (Fsp3) is 0.600. The van der Waals surface area contributed by atoms with E-state index in [1.807, 2.05) is 13.0 Å². The third kappa shape index (κ3) is 3.54. The first-order valence-corrected chi connectivity index (χ1v) is 2.19. The van der Waals surface area contributed by atoms with Gasteiger partial charge in [0.15, 0.2) is 0 Å². The molecule has 0 aromatic rings. The smallest absolute Gasteiger partial charge is 0.000822 e. The fourth-order valence-electron chi connectivity index (χ4n) is 0.322. The van der Waals surface area contributed by atoms with Gasteiger partial charge >= 0.3 is 0 Å². The highest BCUT2D eigenvalue weighted by atomic mass is 14.5. The van der Waals surface area contributed by atoms with Crippen molar-refractivity contribution >= 4 is 0 Å². The molecule has 1 heteroatoms. The van der Waals surface area contributed by atoms with Crippen LogP contribution in [0.1, 0.15) is 20.3 Å².